The molecule has 3 rings (SSSR count). The summed E-state index contributed by atoms with van der Waals surface area (Å²) < 4.78 is 17.0. The highest BCUT2D eigenvalue weighted by Gasteiger charge is 2.15. The Bertz CT molecular complexity index is 720. The molecule has 1 aliphatic rings. The van der Waals surface area contributed by atoms with E-state index in [2.05, 4.69) is 35.5 Å². The van der Waals surface area contributed by atoms with Crippen molar-refractivity contribution in [3.63, 3.8) is 0 Å². The third-order valence-electron chi connectivity index (χ3n) is 4.52. The van der Waals surface area contributed by atoms with Gasteiger partial charge in [0.05, 0.1) is 12.7 Å². The van der Waals surface area contributed by atoms with Crippen molar-refractivity contribution in [1.82, 2.24) is 10.6 Å². The van der Waals surface area contributed by atoms with Crippen LogP contribution in [-0.4, -0.2) is 45.0 Å². The Morgan fingerprint density at radius 1 is 1.31 bits per heavy atom. The van der Waals surface area contributed by atoms with Crippen LogP contribution in [0.2, 0.25) is 0 Å². The van der Waals surface area contributed by atoms with E-state index in [1.165, 1.54) is 0 Å². The fraction of sp³-hybridized carbons (Fsp3) is 0.550. The number of guanidine groups is 1. The van der Waals surface area contributed by atoms with E-state index < -0.39 is 0 Å². The van der Waals surface area contributed by atoms with E-state index in [-0.39, 0.29) is 6.10 Å². The number of rotatable bonds is 8. The predicted molar refractivity (Wildman–Crippen MR) is 104 cm³/mol. The number of aliphatic imine (C=N–C) groups is 1. The van der Waals surface area contributed by atoms with Crippen molar-refractivity contribution in [3.05, 3.63) is 35.6 Å². The molecule has 0 saturated carbocycles. The molecule has 0 aliphatic carbocycles. The van der Waals surface area contributed by atoms with Crippen LogP contribution < -0.4 is 10.6 Å². The molecular weight excluding hydrogens is 330 g/mol. The lowest BCUT2D eigenvalue weighted by atomic mass is 10.1. The minimum Gasteiger partial charge on any atom is -0.459 e. The molecule has 1 aromatic carbocycles. The van der Waals surface area contributed by atoms with Gasteiger partial charge in [0.2, 0.25) is 0 Å². The zero-order valence-corrected chi connectivity index (χ0v) is 15.7. The molecule has 0 bridgehead atoms. The number of aryl methyl sites for hydroxylation is 1. The van der Waals surface area contributed by atoms with Gasteiger partial charge in [-0.05, 0) is 32.8 Å². The monoisotopic (exact) mass is 359 g/mol. The molecule has 2 heterocycles. The molecule has 26 heavy (non-hydrogen) atoms. The molecule has 1 aliphatic heterocycles. The van der Waals surface area contributed by atoms with Gasteiger partial charge in [-0.15, -0.1) is 0 Å². The van der Waals surface area contributed by atoms with Gasteiger partial charge in [0.15, 0.2) is 5.96 Å². The lowest BCUT2D eigenvalue weighted by Crippen LogP contribution is -2.38. The summed E-state index contributed by atoms with van der Waals surface area (Å²) in [5.41, 5.74) is 2.08. The summed E-state index contributed by atoms with van der Waals surface area (Å²) in [5.74, 6) is 1.71. The number of benzene rings is 1. The van der Waals surface area contributed by atoms with Crippen LogP contribution in [-0.2, 0) is 16.0 Å². The molecule has 2 N–H and O–H groups in total. The van der Waals surface area contributed by atoms with Gasteiger partial charge in [-0.2, -0.15) is 0 Å². The van der Waals surface area contributed by atoms with Gasteiger partial charge in [0, 0.05) is 37.3 Å². The van der Waals surface area contributed by atoms with Crippen LogP contribution in [0.1, 0.15) is 31.1 Å². The molecule has 1 atom stereocenters. The van der Waals surface area contributed by atoms with Gasteiger partial charge >= 0.3 is 0 Å². The topological polar surface area (TPSA) is 68.0 Å². The second-order valence-corrected chi connectivity index (χ2v) is 6.48. The maximum Gasteiger partial charge on any atom is 0.191 e. The molecule has 1 fully saturated rings. The van der Waals surface area contributed by atoms with Crippen LogP contribution in [0, 0.1) is 6.92 Å². The number of nitrogens with one attached hydrogen (secondary N) is 2. The maximum absolute atomic E-state index is 5.93. The van der Waals surface area contributed by atoms with E-state index in [0.29, 0.717) is 6.54 Å². The van der Waals surface area contributed by atoms with Gasteiger partial charge in [-0.25, -0.2) is 4.99 Å². The van der Waals surface area contributed by atoms with Gasteiger partial charge in [0.1, 0.15) is 17.9 Å². The Balaban J connectivity index is 1.48. The lowest BCUT2D eigenvalue weighted by Gasteiger charge is -2.12. The quantitative estimate of drug-likeness (QED) is 0.431. The average Bonchev–Trinajstić information content (AvgIpc) is 3.28. The summed E-state index contributed by atoms with van der Waals surface area (Å²) in [6.07, 6.45) is 2.21. The molecule has 0 radical (unpaired) electrons. The number of nitrogens with zero attached hydrogens (tertiary/aromatic N) is 1. The SMILES string of the molecule is CCNC(=NCc1oc2ccccc2c1C)NCCCOC1CCOC1. The van der Waals surface area contributed by atoms with Crippen molar-refractivity contribution in [2.45, 2.75) is 39.3 Å². The molecule has 1 saturated heterocycles. The molecule has 1 unspecified atom stereocenters. The standard InChI is InChI=1S/C20H29N3O3/c1-3-21-20(22-10-6-11-25-16-9-12-24-14-16)23-13-19-15(2)17-7-4-5-8-18(17)26-19/h4-5,7-8,16H,3,6,9-14H2,1-2H3,(H2,21,22,23). The van der Waals surface area contributed by atoms with Crippen LogP contribution in [0.5, 0.6) is 0 Å². The number of fused-ring (bicyclic) bond motifs is 1. The Hall–Kier alpha value is -2.05. The number of hydrogen-bond donors (Lipinski definition) is 2. The van der Waals surface area contributed by atoms with Crippen LogP contribution in [0.3, 0.4) is 0 Å². The average molecular weight is 359 g/mol. The number of para-hydroxylation sites is 1. The fourth-order valence-corrected chi connectivity index (χ4v) is 3.04. The number of ether oxygens (including phenoxy) is 2. The van der Waals surface area contributed by atoms with Crippen LogP contribution >= 0.6 is 0 Å². The molecule has 6 nitrogen and oxygen atoms in total. The molecule has 142 valence electrons. The highest BCUT2D eigenvalue weighted by atomic mass is 16.5. The third kappa shape index (κ3) is 4.99. The summed E-state index contributed by atoms with van der Waals surface area (Å²) in [6.45, 7) is 8.60. The Kier molecular flexibility index (Phi) is 6.91. The van der Waals surface area contributed by atoms with Gasteiger partial charge in [0.25, 0.3) is 0 Å². The van der Waals surface area contributed by atoms with E-state index in [4.69, 9.17) is 13.9 Å². The van der Waals surface area contributed by atoms with Crippen LogP contribution in [0.4, 0.5) is 0 Å². The summed E-state index contributed by atoms with van der Waals surface area (Å²) in [7, 11) is 0. The molecule has 6 heteroatoms. The second kappa shape index (κ2) is 9.59. The summed E-state index contributed by atoms with van der Waals surface area (Å²) >= 11 is 0. The predicted octanol–water partition coefficient (Wildman–Crippen LogP) is 2.99. The largest absolute Gasteiger partial charge is 0.459 e. The Morgan fingerprint density at radius 3 is 2.96 bits per heavy atom. The lowest BCUT2D eigenvalue weighted by molar-refractivity contribution is 0.0420. The highest BCUT2D eigenvalue weighted by molar-refractivity contribution is 5.82. The fourth-order valence-electron chi connectivity index (χ4n) is 3.04. The Labute approximate surface area is 155 Å². The van der Waals surface area contributed by atoms with E-state index in [0.717, 1.165) is 74.0 Å². The summed E-state index contributed by atoms with van der Waals surface area (Å²) in [5, 5.41) is 7.79. The van der Waals surface area contributed by atoms with Crippen molar-refractivity contribution < 1.29 is 13.9 Å². The first-order chi connectivity index (χ1) is 12.8. The van der Waals surface area contributed by atoms with E-state index in [1.54, 1.807) is 0 Å². The first-order valence-corrected chi connectivity index (χ1v) is 9.46. The normalized spacial score (nSPS) is 17.8. The van der Waals surface area contributed by atoms with Crippen molar-refractivity contribution in [3.8, 4) is 0 Å². The van der Waals surface area contributed by atoms with E-state index in [1.807, 2.05) is 18.2 Å². The van der Waals surface area contributed by atoms with Crippen molar-refractivity contribution in [1.29, 1.82) is 0 Å². The van der Waals surface area contributed by atoms with Crippen molar-refractivity contribution >= 4 is 16.9 Å². The third-order valence-corrected chi connectivity index (χ3v) is 4.52. The summed E-state index contributed by atoms with van der Waals surface area (Å²) in [6, 6.07) is 8.10. The minimum atomic E-state index is 0.271. The van der Waals surface area contributed by atoms with Gasteiger partial charge in [-0.3, -0.25) is 0 Å². The van der Waals surface area contributed by atoms with E-state index in [9.17, 15) is 0 Å². The van der Waals surface area contributed by atoms with Gasteiger partial charge < -0.3 is 24.5 Å². The second-order valence-electron chi connectivity index (χ2n) is 6.48. The first kappa shape index (κ1) is 18.7. The van der Waals surface area contributed by atoms with Crippen LogP contribution in [0.15, 0.2) is 33.7 Å². The zero-order valence-electron chi connectivity index (χ0n) is 15.7. The first-order valence-electron chi connectivity index (χ1n) is 9.46. The molecular formula is C20H29N3O3. The van der Waals surface area contributed by atoms with Gasteiger partial charge in [-0.1, -0.05) is 18.2 Å². The molecule has 0 amide bonds. The highest BCUT2D eigenvalue weighted by Crippen LogP contribution is 2.25. The number of hydrogen-bond acceptors (Lipinski definition) is 4. The van der Waals surface area contributed by atoms with Crippen molar-refractivity contribution in [2.75, 3.05) is 32.9 Å². The Morgan fingerprint density at radius 2 is 2.19 bits per heavy atom. The van der Waals surface area contributed by atoms with E-state index >= 15 is 0 Å². The minimum absolute atomic E-state index is 0.271. The maximum atomic E-state index is 5.93. The molecule has 1 aromatic heterocycles. The molecule has 2 aromatic rings. The smallest absolute Gasteiger partial charge is 0.191 e. The number of furan rings is 1. The molecule has 0 spiro atoms. The zero-order chi connectivity index (χ0) is 18.2. The van der Waals surface area contributed by atoms with Crippen molar-refractivity contribution in [2.24, 2.45) is 4.99 Å². The summed E-state index contributed by atoms with van der Waals surface area (Å²) in [4.78, 5) is 4.65. The van der Waals surface area contributed by atoms with Crippen LogP contribution in [0.25, 0.3) is 11.0 Å².